The summed E-state index contributed by atoms with van der Waals surface area (Å²) in [6.45, 7) is 1.76. The van der Waals surface area contributed by atoms with Crippen LogP contribution in [0.3, 0.4) is 0 Å². The minimum Gasteiger partial charge on any atom is -0.508 e. The van der Waals surface area contributed by atoms with Crippen LogP contribution in [0.1, 0.15) is 18.6 Å². The van der Waals surface area contributed by atoms with Crippen molar-refractivity contribution in [1.82, 2.24) is 5.32 Å². The highest BCUT2D eigenvalue weighted by molar-refractivity contribution is 8.13. The SMILES string of the molecule is CC(=O)NCCSC(=O)[C@@H](N)[C@@H](O)c1ccc(O)cc1. The molecule has 7 heteroatoms. The molecule has 0 radical (unpaired) electrons. The van der Waals surface area contributed by atoms with Gasteiger partial charge in [0.1, 0.15) is 17.9 Å². The Kier molecular flexibility index (Phi) is 6.50. The second-order valence-corrected chi connectivity index (χ2v) is 5.31. The lowest BCUT2D eigenvalue weighted by Gasteiger charge is -2.17. The van der Waals surface area contributed by atoms with Gasteiger partial charge in [-0.3, -0.25) is 9.59 Å². The van der Waals surface area contributed by atoms with E-state index < -0.39 is 12.1 Å². The second-order valence-electron chi connectivity index (χ2n) is 4.21. The maximum atomic E-state index is 11.8. The van der Waals surface area contributed by atoms with E-state index in [0.717, 1.165) is 11.8 Å². The van der Waals surface area contributed by atoms with E-state index in [0.29, 0.717) is 17.9 Å². The third-order valence-electron chi connectivity index (χ3n) is 2.57. The zero-order chi connectivity index (χ0) is 15.1. The van der Waals surface area contributed by atoms with Crippen molar-refractivity contribution >= 4 is 22.8 Å². The lowest BCUT2D eigenvalue weighted by molar-refractivity contribution is -0.119. The molecule has 20 heavy (non-hydrogen) atoms. The van der Waals surface area contributed by atoms with Crippen molar-refractivity contribution in [2.24, 2.45) is 5.73 Å². The van der Waals surface area contributed by atoms with Crippen LogP contribution in [-0.2, 0) is 9.59 Å². The number of amides is 1. The lowest BCUT2D eigenvalue weighted by atomic mass is 10.0. The molecule has 0 bridgehead atoms. The molecule has 1 rings (SSSR count). The molecule has 2 atom stereocenters. The molecule has 0 aliphatic rings. The minimum absolute atomic E-state index is 0.0746. The van der Waals surface area contributed by atoms with Crippen molar-refractivity contribution in [3.05, 3.63) is 29.8 Å². The van der Waals surface area contributed by atoms with Crippen LogP contribution in [0.15, 0.2) is 24.3 Å². The Morgan fingerprint density at radius 3 is 2.50 bits per heavy atom. The summed E-state index contributed by atoms with van der Waals surface area (Å²) in [5.41, 5.74) is 6.17. The average Bonchev–Trinajstić information content (AvgIpc) is 2.42. The zero-order valence-electron chi connectivity index (χ0n) is 11.1. The van der Waals surface area contributed by atoms with Gasteiger partial charge >= 0.3 is 0 Å². The Bertz CT molecular complexity index is 464. The molecule has 0 aliphatic carbocycles. The third-order valence-corrected chi connectivity index (χ3v) is 3.53. The summed E-state index contributed by atoms with van der Waals surface area (Å²) in [4.78, 5) is 22.4. The number of rotatable bonds is 6. The number of thioether (sulfide) groups is 1. The number of benzene rings is 1. The highest BCUT2D eigenvalue weighted by Gasteiger charge is 2.24. The van der Waals surface area contributed by atoms with Crippen LogP contribution in [0.2, 0.25) is 0 Å². The van der Waals surface area contributed by atoms with Crippen molar-refractivity contribution in [2.75, 3.05) is 12.3 Å². The number of hydrogen-bond acceptors (Lipinski definition) is 6. The van der Waals surface area contributed by atoms with Crippen molar-refractivity contribution in [1.29, 1.82) is 0 Å². The number of aromatic hydroxyl groups is 1. The van der Waals surface area contributed by atoms with E-state index in [1.807, 2.05) is 0 Å². The van der Waals surface area contributed by atoms with Crippen molar-refractivity contribution in [3.63, 3.8) is 0 Å². The molecule has 110 valence electrons. The molecule has 1 amide bonds. The number of nitrogens with one attached hydrogen (secondary N) is 1. The normalized spacial score (nSPS) is 13.6. The van der Waals surface area contributed by atoms with Gasteiger partial charge in [0.05, 0.1) is 0 Å². The summed E-state index contributed by atoms with van der Waals surface area (Å²) in [6, 6.07) is 4.80. The highest BCUT2D eigenvalue weighted by atomic mass is 32.2. The Morgan fingerprint density at radius 1 is 1.35 bits per heavy atom. The van der Waals surface area contributed by atoms with E-state index in [2.05, 4.69) is 5.32 Å². The Hall–Kier alpha value is -1.57. The highest BCUT2D eigenvalue weighted by Crippen LogP contribution is 2.21. The first-order valence-corrected chi connectivity index (χ1v) is 7.04. The number of aliphatic hydroxyl groups excluding tert-OH is 1. The van der Waals surface area contributed by atoms with Gasteiger partial charge in [0.15, 0.2) is 0 Å². The number of carbonyl (C=O) groups is 2. The fourth-order valence-corrected chi connectivity index (χ4v) is 2.21. The van der Waals surface area contributed by atoms with Crippen LogP contribution in [0.5, 0.6) is 5.75 Å². The number of nitrogens with two attached hydrogens (primary N) is 1. The quantitative estimate of drug-likeness (QED) is 0.556. The summed E-state index contributed by atoms with van der Waals surface area (Å²) in [5, 5.41) is 21.4. The van der Waals surface area contributed by atoms with Crippen molar-refractivity contribution in [3.8, 4) is 5.75 Å². The smallest absolute Gasteiger partial charge is 0.216 e. The molecule has 1 aromatic carbocycles. The fourth-order valence-electron chi connectivity index (χ4n) is 1.48. The average molecular weight is 298 g/mol. The van der Waals surface area contributed by atoms with Crippen molar-refractivity contribution < 1.29 is 19.8 Å². The molecule has 0 fully saturated rings. The summed E-state index contributed by atoms with van der Waals surface area (Å²) >= 11 is 0.965. The maximum absolute atomic E-state index is 11.8. The lowest BCUT2D eigenvalue weighted by Crippen LogP contribution is -2.35. The van der Waals surface area contributed by atoms with E-state index in [9.17, 15) is 14.7 Å². The fraction of sp³-hybridized carbons (Fsp3) is 0.385. The molecule has 0 unspecified atom stereocenters. The number of aliphatic hydroxyl groups is 1. The van der Waals surface area contributed by atoms with Crippen LogP contribution in [-0.4, -0.2) is 39.6 Å². The first-order chi connectivity index (χ1) is 9.41. The molecule has 0 spiro atoms. The van der Waals surface area contributed by atoms with Crippen LogP contribution < -0.4 is 11.1 Å². The molecule has 0 aliphatic heterocycles. The van der Waals surface area contributed by atoms with E-state index in [4.69, 9.17) is 10.8 Å². The van der Waals surface area contributed by atoms with Gasteiger partial charge in [-0.15, -0.1) is 0 Å². The largest absolute Gasteiger partial charge is 0.508 e. The van der Waals surface area contributed by atoms with E-state index in [-0.39, 0.29) is 16.8 Å². The van der Waals surface area contributed by atoms with Crippen molar-refractivity contribution in [2.45, 2.75) is 19.1 Å². The first-order valence-electron chi connectivity index (χ1n) is 6.05. The van der Waals surface area contributed by atoms with Gasteiger partial charge in [-0.2, -0.15) is 0 Å². The molecule has 1 aromatic rings. The standard InChI is InChI=1S/C13H18N2O4S/c1-8(16)15-6-7-20-13(19)11(14)12(18)9-2-4-10(17)5-3-9/h2-5,11-12,17-18H,6-7,14H2,1H3,(H,15,16)/t11-,12-/m0/s1. The number of phenols is 1. The molecule has 6 nitrogen and oxygen atoms in total. The predicted octanol–water partition coefficient (Wildman–Crippen LogP) is 0.149. The van der Waals surface area contributed by atoms with Gasteiger partial charge in [0.2, 0.25) is 11.0 Å². The second kappa shape index (κ2) is 7.88. The summed E-state index contributed by atoms with van der Waals surface area (Å²) in [5.74, 6) is 0.311. The zero-order valence-corrected chi connectivity index (χ0v) is 11.9. The summed E-state index contributed by atoms with van der Waals surface area (Å²) in [6.07, 6.45) is -1.13. The van der Waals surface area contributed by atoms with Crippen LogP contribution in [0.25, 0.3) is 0 Å². The monoisotopic (exact) mass is 298 g/mol. The maximum Gasteiger partial charge on any atom is 0.216 e. The molecule has 0 saturated heterocycles. The molecular weight excluding hydrogens is 280 g/mol. The van der Waals surface area contributed by atoms with E-state index in [1.54, 1.807) is 0 Å². The van der Waals surface area contributed by atoms with E-state index >= 15 is 0 Å². The van der Waals surface area contributed by atoms with E-state index in [1.165, 1.54) is 31.2 Å². The van der Waals surface area contributed by atoms with Crippen LogP contribution in [0.4, 0.5) is 0 Å². The van der Waals surface area contributed by atoms with Gasteiger partial charge in [0.25, 0.3) is 0 Å². The Morgan fingerprint density at radius 2 is 1.95 bits per heavy atom. The first kappa shape index (κ1) is 16.5. The van der Waals surface area contributed by atoms with Crippen LogP contribution in [0, 0.1) is 0 Å². The van der Waals surface area contributed by atoms with Gasteiger partial charge in [-0.25, -0.2) is 0 Å². The van der Waals surface area contributed by atoms with Gasteiger partial charge in [-0.05, 0) is 17.7 Å². The molecule has 0 saturated carbocycles. The Balaban J connectivity index is 2.47. The van der Waals surface area contributed by atoms with Gasteiger partial charge in [-0.1, -0.05) is 23.9 Å². The molecule has 0 heterocycles. The summed E-state index contributed by atoms with van der Waals surface area (Å²) in [7, 11) is 0. The number of phenolic OH excluding ortho intramolecular Hbond substituents is 1. The predicted molar refractivity (Wildman–Crippen MR) is 77.2 cm³/mol. The molecule has 5 N–H and O–H groups in total. The molecular formula is C13H18N2O4S. The summed E-state index contributed by atoms with van der Waals surface area (Å²) < 4.78 is 0. The van der Waals surface area contributed by atoms with Crippen LogP contribution >= 0.6 is 11.8 Å². The van der Waals surface area contributed by atoms with Gasteiger partial charge < -0.3 is 21.3 Å². The molecule has 0 aromatic heterocycles. The number of carbonyl (C=O) groups excluding carboxylic acids is 2. The Labute approximate surface area is 121 Å². The number of hydrogen-bond donors (Lipinski definition) is 4. The third kappa shape index (κ3) is 5.20. The van der Waals surface area contributed by atoms with Gasteiger partial charge in [0, 0.05) is 19.2 Å². The topological polar surface area (TPSA) is 113 Å². The minimum atomic E-state index is -1.13.